The highest BCUT2D eigenvalue weighted by molar-refractivity contribution is 14.1. The Balaban J connectivity index is 1.76. The molecule has 2 aromatic rings. The number of hydrogen-bond acceptors (Lipinski definition) is 4. The van der Waals surface area contributed by atoms with Crippen LogP contribution in [0.25, 0.3) is 11.2 Å². The lowest BCUT2D eigenvalue weighted by Crippen LogP contribution is -2.43. The predicted octanol–water partition coefficient (Wildman–Crippen LogP) is 2.90. The first-order chi connectivity index (χ1) is 11.2. The van der Waals surface area contributed by atoms with Crippen LogP contribution in [0.5, 0.6) is 0 Å². The number of nitrogens with zero attached hydrogens (tertiary/aromatic N) is 3. The molecule has 3 rings (SSSR count). The maximum Gasteiger partial charge on any atom is 0.410 e. The Hall–Kier alpha value is -1.58. The minimum Gasteiger partial charge on any atom is -0.444 e. The number of likely N-dealkylation sites (tertiary alicyclic amines) is 1. The Labute approximate surface area is 153 Å². The van der Waals surface area contributed by atoms with Crippen molar-refractivity contribution in [3.63, 3.8) is 0 Å². The number of aromatic amines is 1. The zero-order chi connectivity index (χ0) is 17.5. The molecule has 1 saturated heterocycles. The van der Waals surface area contributed by atoms with Gasteiger partial charge in [-0.2, -0.15) is 0 Å². The number of nitrogens with one attached hydrogen (secondary N) is 1. The maximum absolute atomic E-state index is 12.3. The molecule has 0 bridgehead atoms. The summed E-state index contributed by atoms with van der Waals surface area (Å²) in [4.78, 5) is 33.5. The fraction of sp³-hybridized carbons (Fsp3) is 0.562. The number of hydrogen-bond donors (Lipinski definition) is 1. The van der Waals surface area contributed by atoms with Gasteiger partial charge in [-0.1, -0.05) is 0 Å². The molecule has 0 unspecified atom stereocenters. The molecule has 1 amide bonds. The highest BCUT2D eigenvalue weighted by Crippen LogP contribution is 2.25. The van der Waals surface area contributed by atoms with E-state index >= 15 is 0 Å². The summed E-state index contributed by atoms with van der Waals surface area (Å²) in [5.74, 6) is 0. The number of imidazole rings is 1. The standard InChI is InChI=1S/C16H21IN4O3/c1-16(2,3)24-15(23)20-8-6-10(7-9-20)21-13-11(18-14(21)22)4-5-12(17)19-13/h4-5,10H,6-9H2,1-3H3,(H,18,22). The lowest BCUT2D eigenvalue weighted by molar-refractivity contribution is 0.0189. The largest absolute Gasteiger partial charge is 0.444 e. The Kier molecular flexibility index (Phi) is 4.58. The van der Waals surface area contributed by atoms with Gasteiger partial charge in [0, 0.05) is 19.1 Å². The van der Waals surface area contributed by atoms with E-state index in [9.17, 15) is 9.59 Å². The summed E-state index contributed by atoms with van der Waals surface area (Å²) >= 11 is 2.14. The Morgan fingerprint density at radius 3 is 2.62 bits per heavy atom. The Morgan fingerprint density at radius 2 is 2.00 bits per heavy atom. The van der Waals surface area contributed by atoms with E-state index < -0.39 is 5.60 Å². The second-order valence-electron chi connectivity index (χ2n) is 7.00. The number of ether oxygens (including phenoxy) is 1. The van der Waals surface area contributed by atoms with Crippen LogP contribution < -0.4 is 5.69 Å². The van der Waals surface area contributed by atoms with E-state index in [1.807, 2.05) is 32.9 Å². The van der Waals surface area contributed by atoms with E-state index in [-0.39, 0.29) is 17.8 Å². The third-order valence-electron chi connectivity index (χ3n) is 4.01. The predicted molar refractivity (Wildman–Crippen MR) is 99.1 cm³/mol. The lowest BCUT2D eigenvalue weighted by Gasteiger charge is -2.33. The van der Waals surface area contributed by atoms with Gasteiger partial charge in [0.25, 0.3) is 0 Å². The van der Waals surface area contributed by atoms with Gasteiger partial charge in [-0.05, 0) is 68.3 Å². The van der Waals surface area contributed by atoms with E-state index in [1.165, 1.54) is 0 Å². The third-order valence-corrected chi connectivity index (χ3v) is 4.61. The molecule has 0 spiro atoms. The zero-order valence-electron chi connectivity index (χ0n) is 14.0. The zero-order valence-corrected chi connectivity index (χ0v) is 16.2. The Morgan fingerprint density at radius 1 is 1.33 bits per heavy atom. The van der Waals surface area contributed by atoms with Crippen molar-refractivity contribution in [1.29, 1.82) is 0 Å². The first-order valence-corrected chi connectivity index (χ1v) is 9.07. The van der Waals surface area contributed by atoms with Gasteiger partial charge in [0.05, 0.1) is 5.52 Å². The first-order valence-electron chi connectivity index (χ1n) is 7.99. The van der Waals surface area contributed by atoms with Crippen molar-refractivity contribution in [1.82, 2.24) is 19.4 Å². The Bertz CT molecular complexity index is 813. The van der Waals surface area contributed by atoms with Gasteiger partial charge in [0.15, 0.2) is 5.65 Å². The number of aromatic nitrogens is 3. The fourth-order valence-corrected chi connectivity index (χ4v) is 3.36. The summed E-state index contributed by atoms with van der Waals surface area (Å²) in [6.45, 7) is 6.72. The number of fused-ring (bicyclic) bond motifs is 1. The van der Waals surface area contributed by atoms with Crippen LogP contribution in [-0.4, -0.2) is 44.2 Å². The highest BCUT2D eigenvalue weighted by Gasteiger charge is 2.29. The molecule has 0 aromatic carbocycles. The van der Waals surface area contributed by atoms with Crippen LogP contribution in [-0.2, 0) is 4.74 Å². The van der Waals surface area contributed by atoms with Crippen LogP contribution in [0.2, 0.25) is 0 Å². The van der Waals surface area contributed by atoms with E-state index in [4.69, 9.17) is 4.74 Å². The molecule has 0 atom stereocenters. The van der Waals surface area contributed by atoms with Crippen LogP contribution in [0.3, 0.4) is 0 Å². The molecular formula is C16H21IN4O3. The molecular weight excluding hydrogens is 423 g/mol. The average molecular weight is 444 g/mol. The van der Waals surface area contributed by atoms with Crippen LogP contribution in [0.4, 0.5) is 4.79 Å². The van der Waals surface area contributed by atoms with Gasteiger partial charge >= 0.3 is 11.8 Å². The van der Waals surface area contributed by atoms with Gasteiger partial charge in [-0.15, -0.1) is 0 Å². The molecule has 24 heavy (non-hydrogen) atoms. The number of piperidine rings is 1. The molecule has 0 saturated carbocycles. The topological polar surface area (TPSA) is 80.2 Å². The van der Waals surface area contributed by atoms with Gasteiger partial charge in [-0.3, -0.25) is 4.57 Å². The van der Waals surface area contributed by atoms with Crippen molar-refractivity contribution in [2.45, 2.75) is 45.3 Å². The van der Waals surface area contributed by atoms with E-state index in [0.29, 0.717) is 31.6 Å². The second-order valence-corrected chi connectivity index (χ2v) is 8.11. The number of carbonyl (C=O) groups excluding carboxylic acids is 1. The molecule has 2 aromatic heterocycles. The van der Waals surface area contributed by atoms with Gasteiger partial charge in [-0.25, -0.2) is 14.6 Å². The number of amides is 1. The van der Waals surface area contributed by atoms with E-state index in [0.717, 1.165) is 9.22 Å². The number of pyridine rings is 1. The SMILES string of the molecule is CC(C)(C)OC(=O)N1CCC(n2c(=O)[nH]c3ccc(I)nc32)CC1. The summed E-state index contributed by atoms with van der Waals surface area (Å²) in [7, 11) is 0. The number of halogens is 1. The minimum absolute atomic E-state index is 0.0376. The average Bonchev–Trinajstić information content (AvgIpc) is 2.81. The van der Waals surface area contributed by atoms with Crippen molar-refractivity contribution in [3.8, 4) is 0 Å². The van der Waals surface area contributed by atoms with Crippen LogP contribution in [0, 0.1) is 3.70 Å². The van der Waals surface area contributed by atoms with Crippen LogP contribution >= 0.6 is 22.6 Å². The van der Waals surface area contributed by atoms with Crippen molar-refractivity contribution < 1.29 is 9.53 Å². The van der Waals surface area contributed by atoms with Gasteiger partial charge in [0.1, 0.15) is 9.30 Å². The lowest BCUT2D eigenvalue weighted by atomic mass is 10.1. The summed E-state index contributed by atoms with van der Waals surface area (Å²) in [6, 6.07) is 3.78. The quantitative estimate of drug-likeness (QED) is 0.542. The minimum atomic E-state index is -0.498. The molecule has 1 N–H and O–H groups in total. The summed E-state index contributed by atoms with van der Waals surface area (Å²) in [5.41, 5.74) is 0.787. The summed E-state index contributed by atoms with van der Waals surface area (Å²) in [5, 5.41) is 0. The van der Waals surface area contributed by atoms with Gasteiger partial charge < -0.3 is 14.6 Å². The van der Waals surface area contributed by atoms with E-state index in [2.05, 4.69) is 32.6 Å². The molecule has 8 heteroatoms. The third kappa shape index (κ3) is 3.57. The van der Waals surface area contributed by atoms with Crippen molar-refractivity contribution in [2.24, 2.45) is 0 Å². The number of carbonyl (C=O) groups is 1. The number of rotatable bonds is 1. The summed E-state index contributed by atoms with van der Waals surface area (Å²) in [6.07, 6.45) is 1.12. The first kappa shape index (κ1) is 17.2. The van der Waals surface area contributed by atoms with Crippen molar-refractivity contribution in [3.05, 3.63) is 26.3 Å². The normalized spacial score (nSPS) is 16.6. The molecule has 1 fully saturated rings. The molecule has 3 heterocycles. The molecule has 130 valence electrons. The molecule has 7 nitrogen and oxygen atoms in total. The monoisotopic (exact) mass is 444 g/mol. The highest BCUT2D eigenvalue weighted by atomic mass is 127. The van der Waals surface area contributed by atoms with E-state index in [1.54, 1.807) is 9.47 Å². The van der Waals surface area contributed by atoms with Crippen LogP contribution in [0.15, 0.2) is 16.9 Å². The van der Waals surface area contributed by atoms with Crippen molar-refractivity contribution >= 4 is 39.8 Å². The molecule has 1 aliphatic heterocycles. The second kappa shape index (κ2) is 6.38. The van der Waals surface area contributed by atoms with Gasteiger partial charge in [0.2, 0.25) is 0 Å². The molecule has 1 aliphatic rings. The number of H-pyrrole nitrogens is 1. The van der Waals surface area contributed by atoms with Crippen molar-refractivity contribution in [2.75, 3.05) is 13.1 Å². The fourth-order valence-electron chi connectivity index (χ4n) is 2.95. The maximum atomic E-state index is 12.3. The molecule has 0 aliphatic carbocycles. The smallest absolute Gasteiger partial charge is 0.410 e. The summed E-state index contributed by atoms with van der Waals surface area (Å²) < 4.78 is 7.98. The molecule has 0 radical (unpaired) electrons. The van der Waals surface area contributed by atoms with Crippen LogP contribution in [0.1, 0.15) is 39.7 Å².